The predicted octanol–water partition coefficient (Wildman–Crippen LogP) is 10.3. The van der Waals surface area contributed by atoms with Crippen molar-refractivity contribution < 1.29 is 47.2 Å². The molecule has 2 fully saturated rings. The van der Waals surface area contributed by atoms with Crippen molar-refractivity contribution in [3.8, 4) is 11.5 Å². The Morgan fingerprint density at radius 2 is 1.48 bits per heavy atom. The summed E-state index contributed by atoms with van der Waals surface area (Å²) in [4.78, 5) is 27.7. The molecule has 1 heterocycles. The summed E-state index contributed by atoms with van der Waals surface area (Å²) >= 11 is 0. The minimum absolute atomic E-state index is 0.0113. The Morgan fingerprint density at radius 1 is 0.862 bits per heavy atom. The van der Waals surface area contributed by atoms with Gasteiger partial charge in [0.25, 0.3) is 8.32 Å². The van der Waals surface area contributed by atoms with E-state index in [0.29, 0.717) is 42.1 Å². The standard InChI is InChI=1S/C53H70O10Si2/c1-37(63-65(52(2,3)4,41-25-17-13-18-26-41)42-27-19-14-20-28-42)22-21-29-45(60-50(54)38-23-15-12-16-24-38)49-47(61-53(5,6)62-49)33-39-32-43(39)44-34-40(57-8)35-46(59-36-56-7)48(44)51(55)58-30-31-64(9,10)11/h12-21,23-29,34-35,37,39,43,45,47,49H,22,30-33,36H2,1-11H3/b29-21-/t37-,39?,43?,45?,47-,49+/m0/s1. The molecule has 6 atom stereocenters. The quantitative estimate of drug-likeness (QED) is 0.0347. The zero-order valence-corrected chi connectivity index (χ0v) is 42.3. The first-order valence-corrected chi connectivity index (χ1v) is 28.6. The molecule has 0 spiro atoms. The molecule has 1 saturated heterocycles. The SMILES string of the molecule is COCOc1cc(OC)cc(C2CC2C[C@@H]2OC(C)(C)O[C@@H]2C(/C=C\C[C@H](C)O[Si](c2ccccc2)(c2ccccc2)C(C)(C)C)OC(=O)c2ccccc2)c1C(=O)OCC[Si](C)(C)C. The fourth-order valence-electron chi connectivity index (χ4n) is 8.94. The van der Waals surface area contributed by atoms with Crippen LogP contribution in [0.1, 0.15) is 93.0 Å². The molecule has 0 amide bonds. The van der Waals surface area contributed by atoms with E-state index in [1.807, 2.05) is 56.3 Å². The topological polar surface area (TPSA) is 108 Å². The van der Waals surface area contributed by atoms with Crippen molar-refractivity contribution in [1.82, 2.24) is 0 Å². The highest BCUT2D eigenvalue weighted by Gasteiger charge is 2.52. The van der Waals surface area contributed by atoms with Crippen LogP contribution in [0.5, 0.6) is 11.5 Å². The summed E-state index contributed by atoms with van der Waals surface area (Å²) in [6.45, 7) is 19.8. The molecule has 65 heavy (non-hydrogen) atoms. The Bertz CT molecular complexity index is 2160. The molecule has 4 aromatic carbocycles. The maximum Gasteiger partial charge on any atom is 0.342 e. The molecular weight excluding hydrogens is 853 g/mol. The summed E-state index contributed by atoms with van der Waals surface area (Å²) in [5, 5.41) is 2.24. The van der Waals surface area contributed by atoms with Gasteiger partial charge in [-0.3, -0.25) is 0 Å². The van der Waals surface area contributed by atoms with Crippen LogP contribution in [-0.2, 0) is 28.1 Å². The van der Waals surface area contributed by atoms with E-state index in [9.17, 15) is 9.59 Å². The molecule has 350 valence electrons. The molecule has 12 heteroatoms. The molecule has 1 aliphatic carbocycles. The number of rotatable bonds is 21. The highest BCUT2D eigenvalue weighted by molar-refractivity contribution is 6.99. The second-order valence-corrected chi connectivity index (χ2v) is 29.9. The maximum atomic E-state index is 13.9. The van der Waals surface area contributed by atoms with Crippen molar-refractivity contribution in [3.05, 3.63) is 132 Å². The minimum atomic E-state index is -2.82. The lowest BCUT2D eigenvalue weighted by Crippen LogP contribution is -2.67. The van der Waals surface area contributed by atoms with Crippen molar-refractivity contribution in [2.45, 2.75) is 128 Å². The van der Waals surface area contributed by atoms with Gasteiger partial charge in [0.2, 0.25) is 0 Å². The smallest absolute Gasteiger partial charge is 0.342 e. The first-order valence-electron chi connectivity index (χ1n) is 22.9. The zero-order chi connectivity index (χ0) is 47.0. The minimum Gasteiger partial charge on any atom is -0.497 e. The van der Waals surface area contributed by atoms with Gasteiger partial charge in [-0.1, -0.05) is 125 Å². The third kappa shape index (κ3) is 12.7. The second-order valence-electron chi connectivity index (χ2n) is 20.1. The van der Waals surface area contributed by atoms with Gasteiger partial charge in [-0.2, -0.15) is 0 Å². The van der Waals surface area contributed by atoms with E-state index in [2.05, 4.69) is 102 Å². The number of esters is 2. The Hall–Kier alpha value is -4.57. The first kappa shape index (κ1) is 49.9. The van der Waals surface area contributed by atoms with Gasteiger partial charge in [0.05, 0.1) is 25.4 Å². The van der Waals surface area contributed by atoms with Crippen molar-refractivity contribution in [2.24, 2.45) is 5.92 Å². The van der Waals surface area contributed by atoms with E-state index < -0.39 is 52.4 Å². The van der Waals surface area contributed by atoms with E-state index in [-0.39, 0.29) is 29.8 Å². The third-order valence-corrected chi connectivity index (χ3v) is 19.1. The van der Waals surface area contributed by atoms with Gasteiger partial charge >= 0.3 is 11.9 Å². The van der Waals surface area contributed by atoms with Crippen LogP contribution in [0.15, 0.2) is 115 Å². The van der Waals surface area contributed by atoms with Crippen molar-refractivity contribution >= 4 is 38.7 Å². The molecule has 0 aromatic heterocycles. The molecule has 10 nitrogen and oxygen atoms in total. The van der Waals surface area contributed by atoms with E-state index in [1.54, 1.807) is 25.3 Å². The molecule has 6 rings (SSSR count). The van der Waals surface area contributed by atoms with Gasteiger partial charge in [0.1, 0.15) is 29.3 Å². The molecule has 0 N–H and O–H groups in total. The fraction of sp³-hybridized carbons (Fsp3) is 0.472. The summed E-state index contributed by atoms with van der Waals surface area (Å²) in [5.74, 6) is -0.800. The van der Waals surface area contributed by atoms with Crippen molar-refractivity contribution in [1.29, 1.82) is 0 Å². The first-order chi connectivity index (χ1) is 30.9. The summed E-state index contributed by atoms with van der Waals surface area (Å²) in [6, 6.07) is 34.7. The van der Waals surface area contributed by atoms with Crippen LogP contribution < -0.4 is 19.8 Å². The largest absolute Gasteiger partial charge is 0.497 e. The highest BCUT2D eigenvalue weighted by Crippen LogP contribution is 2.55. The molecule has 3 unspecified atom stereocenters. The summed E-state index contributed by atoms with van der Waals surface area (Å²) < 4.78 is 49.9. The Balaban J connectivity index is 1.27. The predicted molar refractivity (Wildman–Crippen MR) is 261 cm³/mol. The second kappa shape index (κ2) is 21.4. The molecule has 0 radical (unpaired) electrons. The van der Waals surface area contributed by atoms with Crippen molar-refractivity contribution in [2.75, 3.05) is 27.6 Å². The molecular formula is C53H70O10Si2. The normalized spacial score (nSPS) is 20.5. The molecule has 4 aromatic rings. The van der Waals surface area contributed by atoms with Crippen LogP contribution in [0.4, 0.5) is 0 Å². The number of carbonyl (C=O) groups excluding carboxylic acids is 2. The van der Waals surface area contributed by atoms with Crippen molar-refractivity contribution in [3.63, 3.8) is 0 Å². The van der Waals surface area contributed by atoms with Gasteiger partial charge in [0, 0.05) is 27.4 Å². The maximum absolute atomic E-state index is 13.9. The average molecular weight is 923 g/mol. The van der Waals surface area contributed by atoms with Crippen LogP contribution in [0, 0.1) is 5.92 Å². The lowest BCUT2D eigenvalue weighted by atomic mass is 9.96. The van der Waals surface area contributed by atoms with Crippen LogP contribution in [0.25, 0.3) is 0 Å². The number of carbonyl (C=O) groups is 2. The monoisotopic (exact) mass is 922 g/mol. The van der Waals surface area contributed by atoms with Crippen LogP contribution in [0.3, 0.4) is 0 Å². The van der Waals surface area contributed by atoms with Crippen LogP contribution in [-0.4, -0.2) is 86.2 Å². The van der Waals surface area contributed by atoms with E-state index >= 15 is 0 Å². The number of hydrogen-bond donors (Lipinski definition) is 0. The van der Waals surface area contributed by atoms with Gasteiger partial charge in [-0.15, -0.1) is 0 Å². The average Bonchev–Trinajstić information content (AvgIpc) is 3.97. The molecule has 0 bridgehead atoms. The van der Waals surface area contributed by atoms with Gasteiger partial charge in [-0.05, 0) is 103 Å². The van der Waals surface area contributed by atoms with E-state index in [4.69, 9.17) is 37.6 Å². The number of hydrogen-bond acceptors (Lipinski definition) is 10. The molecule has 2 aliphatic rings. The van der Waals surface area contributed by atoms with E-state index in [1.165, 1.54) is 17.5 Å². The van der Waals surface area contributed by atoms with E-state index in [0.717, 1.165) is 18.0 Å². The lowest BCUT2D eigenvalue weighted by Gasteiger charge is -2.44. The molecule has 1 aliphatic heterocycles. The third-order valence-electron chi connectivity index (χ3n) is 12.2. The number of benzene rings is 4. The Labute approximate surface area is 389 Å². The fourth-order valence-corrected chi connectivity index (χ4v) is 14.4. The van der Waals surface area contributed by atoms with Gasteiger partial charge in [0.15, 0.2) is 12.6 Å². The molecule has 1 saturated carbocycles. The Kier molecular flexibility index (Phi) is 16.4. The Morgan fingerprint density at radius 3 is 2.05 bits per heavy atom. The highest BCUT2D eigenvalue weighted by atomic mass is 28.4. The lowest BCUT2D eigenvalue weighted by molar-refractivity contribution is -0.153. The summed E-state index contributed by atoms with van der Waals surface area (Å²) in [7, 11) is -1.14. The summed E-state index contributed by atoms with van der Waals surface area (Å²) in [5.41, 5.74) is 1.63. The summed E-state index contributed by atoms with van der Waals surface area (Å²) in [6.07, 6.45) is 3.91. The van der Waals surface area contributed by atoms with Gasteiger partial charge in [-0.25, -0.2) is 9.59 Å². The number of ether oxygens (including phenoxy) is 7. The van der Waals surface area contributed by atoms with Gasteiger partial charge < -0.3 is 37.6 Å². The zero-order valence-electron chi connectivity index (χ0n) is 40.3. The van der Waals surface area contributed by atoms with Crippen LogP contribution in [0.2, 0.25) is 30.7 Å². The van der Waals surface area contributed by atoms with Crippen LogP contribution >= 0.6 is 0 Å². The number of methoxy groups -OCH3 is 2.